The highest BCUT2D eigenvalue weighted by molar-refractivity contribution is 7.96. The maximum absolute atomic E-state index is 14.3. The number of benzene rings is 1. The molecule has 2 aromatic rings. The molecule has 0 radical (unpaired) electrons. The van der Waals surface area contributed by atoms with Crippen molar-refractivity contribution in [1.29, 1.82) is 0 Å². The molecule has 1 aromatic carbocycles. The van der Waals surface area contributed by atoms with Crippen LogP contribution in [-0.4, -0.2) is 41.8 Å². The second kappa shape index (κ2) is 7.97. The molecule has 5 nitrogen and oxygen atoms in total. The minimum Gasteiger partial charge on any atom is -0.376 e. The molecular formula is C20H22F4N4OS. The lowest BCUT2D eigenvalue weighted by Gasteiger charge is -2.39. The first kappa shape index (κ1) is 21.3. The highest BCUT2D eigenvalue weighted by Gasteiger charge is 2.48. The van der Waals surface area contributed by atoms with Gasteiger partial charge in [0.15, 0.2) is 0 Å². The van der Waals surface area contributed by atoms with Gasteiger partial charge in [0.1, 0.15) is 5.69 Å². The standard InChI is InChI=1S/C19H17F4N3O.CH5NS/c20-18(21)9-26(10-18)17-24-15(14-3-5-19(22,23)16(14)25-17)12-2-1-11-4-6-27-8-13(11)7-12;1-3-2/h1-2,7H,3-6,8-10H2;2H2,1H3. The second-order valence-electron chi connectivity index (χ2n) is 7.64. The molecule has 0 amide bonds. The summed E-state index contributed by atoms with van der Waals surface area (Å²) in [6, 6.07) is 5.73. The molecule has 162 valence electrons. The van der Waals surface area contributed by atoms with Crippen LogP contribution in [0.3, 0.4) is 0 Å². The van der Waals surface area contributed by atoms with Crippen molar-refractivity contribution in [3.63, 3.8) is 0 Å². The van der Waals surface area contributed by atoms with E-state index in [1.54, 1.807) is 0 Å². The van der Waals surface area contributed by atoms with Gasteiger partial charge in [-0.15, -0.1) is 0 Å². The predicted molar refractivity (Wildman–Crippen MR) is 108 cm³/mol. The lowest BCUT2D eigenvalue weighted by atomic mass is 9.97. The third-order valence-electron chi connectivity index (χ3n) is 5.41. The molecule has 0 saturated carbocycles. The maximum atomic E-state index is 14.3. The van der Waals surface area contributed by atoms with Gasteiger partial charge >= 0.3 is 0 Å². The minimum absolute atomic E-state index is 0.0507. The third kappa shape index (κ3) is 4.00. The number of rotatable bonds is 2. The zero-order valence-electron chi connectivity index (χ0n) is 16.4. The van der Waals surface area contributed by atoms with Crippen LogP contribution in [0.5, 0.6) is 0 Å². The number of hydrogen-bond acceptors (Lipinski definition) is 6. The Bertz CT molecular complexity index is 949. The van der Waals surface area contributed by atoms with Crippen LogP contribution in [0.25, 0.3) is 11.3 Å². The van der Waals surface area contributed by atoms with E-state index in [1.807, 2.05) is 24.5 Å². The molecule has 5 rings (SSSR count). The van der Waals surface area contributed by atoms with Crippen molar-refractivity contribution >= 4 is 17.9 Å². The number of fused-ring (bicyclic) bond motifs is 2. The fourth-order valence-corrected chi connectivity index (χ4v) is 3.96. The summed E-state index contributed by atoms with van der Waals surface area (Å²) >= 11 is 1.25. The Labute approximate surface area is 176 Å². The van der Waals surface area contributed by atoms with Gasteiger partial charge in [0, 0.05) is 17.5 Å². The molecule has 3 heterocycles. The molecule has 3 aliphatic rings. The van der Waals surface area contributed by atoms with E-state index in [0.29, 0.717) is 30.0 Å². The van der Waals surface area contributed by atoms with E-state index in [2.05, 4.69) is 9.97 Å². The molecule has 0 atom stereocenters. The maximum Gasteiger partial charge on any atom is 0.290 e. The Morgan fingerprint density at radius 1 is 1.10 bits per heavy atom. The fraction of sp³-hybridized carbons (Fsp3) is 0.500. The Hall–Kier alpha value is -1.91. The lowest BCUT2D eigenvalue weighted by molar-refractivity contribution is -0.0275. The number of halogens is 4. The third-order valence-corrected chi connectivity index (χ3v) is 5.41. The van der Waals surface area contributed by atoms with Crippen LogP contribution >= 0.6 is 11.9 Å². The largest absolute Gasteiger partial charge is 0.376 e. The molecule has 0 spiro atoms. The fourth-order valence-electron chi connectivity index (χ4n) is 3.96. The van der Waals surface area contributed by atoms with Gasteiger partial charge in [-0.2, -0.15) is 8.78 Å². The highest BCUT2D eigenvalue weighted by atomic mass is 32.2. The van der Waals surface area contributed by atoms with E-state index in [0.717, 1.165) is 12.0 Å². The average Bonchev–Trinajstić information content (AvgIpc) is 3.00. The number of alkyl halides is 4. The van der Waals surface area contributed by atoms with E-state index >= 15 is 0 Å². The average molecular weight is 442 g/mol. The Morgan fingerprint density at radius 2 is 1.83 bits per heavy atom. The van der Waals surface area contributed by atoms with Crippen LogP contribution in [0.2, 0.25) is 0 Å². The summed E-state index contributed by atoms with van der Waals surface area (Å²) in [7, 11) is 0. The highest BCUT2D eigenvalue weighted by Crippen LogP contribution is 2.45. The number of ether oxygens (including phenoxy) is 1. The second-order valence-corrected chi connectivity index (χ2v) is 8.11. The van der Waals surface area contributed by atoms with Gasteiger partial charge in [-0.25, -0.2) is 18.7 Å². The zero-order valence-corrected chi connectivity index (χ0v) is 17.2. The monoisotopic (exact) mass is 442 g/mol. The van der Waals surface area contributed by atoms with Crippen molar-refractivity contribution in [2.45, 2.75) is 37.7 Å². The number of nitrogens with zero attached hydrogens (tertiary/aromatic N) is 3. The molecule has 2 N–H and O–H groups in total. The summed E-state index contributed by atoms with van der Waals surface area (Å²) in [4.78, 5) is 9.65. The molecule has 1 aliphatic carbocycles. The van der Waals surface area contributed by atoms with Crippen molar-refractivity contribution < 1.29 is 22.3 Å². The van der Waals surface area contributed by atoms with Crippen LogP contribution in [0.1, 0.15) is 28.8 Å². The molecular weight excluding hydrogens is 420 g/mol. The normalized spacial score (nSPS) is 20.5. The van der Waals surface area contributed by atoms with Gasteiger partial charge in [0.25, 0.3) is 11.8 Å². The van der Waals surface area contributed by atoms with Crippen molar-refractivity contribution in [2.24, 2.45) is 5.14 Å². The number of anilines is 1. The first-order chi connectivity index (χ1) is 14.2. The van der Waals surface area contributed by atoms with Crippen molar-refractivity contribution in [3.05, 3.63) is 40.6 Å². The topological polar surface area (TPSA) is 64.3 Å². The summed E-state index contributed by atoms with van der Waals surface area (Å²) < 4.78 is 60.7. The van der Waals surface area contributed by atoms with Crippen LogP contribution in [0.4, 0.5) is 23.5 Å². The molecule has 0 unspecified atom stereocenters. The quantitative estimate of drug-likeness (QED) is 0.562. The SMILES string of the molecule is CSN.FC1(F)CN(c2nc(-c3ccc4c(c3)COCC4)c3c(n2)C(F)(F)CC3)C1. The van der Waals surface area contributed by atoms with Gasteiger partial charge in [-0.05, 0) is 36.3 Å². The van der Waals surface area contributed by atoms with Gasteiger partial charge in [-0.1, -0.05) is 24.1 Å². The van der Waals surface area contributed by atoms with E-state index in [4.69, 9.17) is 9.88 Å². The van der Waals surface area contributed by atoms with Crippen LogP contribution in [0.15, 0.2) is 18.2 Å². The van der Waals surface area contributed by atoms with Gasteiger partial charge in [0.05, 0.1) is 32.0 Å². The molecule has 30 heavy (non-hydrogen) atoms. The number of nitrogens with two attached hydrogens (primary N) is 1. The molecule has 0 bridgehead atoms. The number of aromatic nitrogens is 2. The smallest absolute Gasteiger partial charge is 0.290 e. The first-order valence-electron chi connectivity index (χ1n) is 9.59. The lowest BCUT2D eigenvalue weighted by Crippen LogP contribution is -2.57. The van der Waals surface area contributed by atoms with E-state index in [-0.39, 0.29) is 24.5 Å². The van der Waals surface area contributed by atoms with Gasteiger partial charge in [0.2, 0.25) is 5.95 Å². The molecule has 1 saturated heterocycles. The van der Waals surface area contributed by atoms with Gasteiger partial charge in [-0.3, -0.25) is 5.14 Å². The Balaban J connectivity index is 0.000000687. The van der Waals surface area contributed by atoms with Crippen molar-refractivity contribution in [1.82, 2.24) is 9.97 Å². The van der Waals surface area contributed by atoms with Crippen LogP contribution in [0, 0.1) is 0 Å². The van der Waals surface area contributed by atoms with E-state index in [1.165, 1.54) is 22.4 Å². The van der Waals surface area contributed by atoms with Crippen molar-refractivity contribution in [2.75, 3.05) is 30.9 Å². The van der Waals surface area contributed by atoms with E-state index in [9.17, 15) is 17.6 Å². The summed E-state index contributed by atoms with van der Waals surface area (Å²) in [6.45, 7) is 0.0380. The Kier molecular flexibility index (Phi) is 5.67. The van der Waals surface area contributed by atoms with E-state index < -0.39 is 24.9 Å². The first-order valence-corrected chi connectivity index (χ1v) is 10.9. The van der Waals surface area contributed by atoms with Crippen LogP contribution < -0.4 is 10.0 Å². The predicted octanol–water partition coefficient (Wildman–Crippen LogP) is 3.93. The zero-order chi connectivity index (χ0) is 21.5. The molecule has 1 fully saturated rings. The molecule has 1 aromatic heterocycles. The number of hydrogen-bond donors (Lipinski definition) is 1. The van der Waals surface area contributed by atoms with Gasteiger partial charge < -0.3 is 9.64 Å². The Morgan fingerprint density at radius 3 is 2.53 bits per heavy atom. The van der Waals surface area contributed by atoms with Crippen LogP contribution in [-0.2, 0) is 30.1 Å². The summed E-state index contributed by atoms with van der Waals surface area (Å²) in [6.07, 6.45) is 2.46. The summed E-state index contributed by atoms with van der Waals surface area (Å²) in [5, 5.41) is 4.76. The van der Waals surface area contributed by atoms with Crippen molar-refractivity contribution in [3.8, 4) is 11.3 Å². The molecule has 10 heteroatoms. The summed E-state index contributed by atoms with van der Waals surface area (Å²) in [5.41, 5.74) is 3.37. The minimum atomic E-state index is -3.06. The molecule has 2 aliphatic heterocycles. The summed E-state index contributed by atoms with van der Waals surface area (Å²) in [5.74, 6) is -5.94.